The van der Waals surface area contributed by atoms with Crippen molar-refractivity contribution in [2.75, 3.05) is 38.7 Å². The van der Waals surface area contributed by atoms with E-state index in [9.17, 15) is 18.0 Å². The second-order valence-corrected chi connectivity index (χ2v) is 8.52. The molecular weight excluding hydrogens is 556 g/mol. The number of rotatable bonds is 10. The average Bonchev–Trinajstić information content (AvgIpc) is 3.34. The third kappa shape index (κ3) is 7.82. The van der Waals surface area contributed by atoms with Crippen LogP contribution in [-0.4, -0.2) is 60.2 Å². The zero-order valence-corrected chi connectivity index (χ0v) is 22.2. The van der Waals surface area contributed by atoms with Crippen molar-refractivity contribution >= 4 is 74.4 Å². The van der Waals surface area contributed by atoms with Crippen molar-refractivity contribution < 1.29 is 27.4 Å². The molecule has 15 heteroatoms. The van der Waals surface area contributed by atoms with Crippen LogP contribution in [0, 0.1) is 0 Å². The first-order chi connectivity index (χ1) is 16.7. The molecule has 0 aliphatic rings. The highest BCUT2D eigenvalue weighted by atomic mass is 35.5. The zero-order chi connectivity index (χ0) is 25.0. The van der Waals surface area contributed by atoms with Gasteiger partial charge >= 0.3 is 6.36 Å². The predicted molar refractivity (Wildman–Crippen MR) is 142 cm³/mol. The van der Waals surface area contributed by atoms with E-state index in [1.54, 1.807) is 22.8 Å². The second-order valence-electron chi connectivity index (χ2n) is 7.49. The molecule has 0 bridgehead atoms. The third-order valence-electron chi connectivity index (χ3n) is 4.98. The Labute approximate surface area is 226 Å². The van der Waals surface area contributed by atoms with Crippen LogP contribution in [0.4, 0.5) is 24.3 Å². The fourth-order valence-electron chi connectivity index (χ4n) is 3.32. The summed E-state index contributed by atoms with van der Waals surface area (Å²) in [7, 11) is 3.65. The molecule has 2 aromatic carbocycles. The Morgan fingerprint density at radius 1 is 1.05 bits per heavy atom. The molecule has 2 aromatic heterocycles. The molecule has 0 fully saturated rings. The van der Waals surface area contributed by atoms with Crippen LogP contribution in [0.2, 0.25) is 0 Å². The Kier molecular flexibility index (Phi) is 10.8. The van der Waals surface area contributed by atoms with Gasteiger partial charge in [0.05, 0.1) is 34.5 Å². The van der Waals surface area contributed by atoms with Gasteiger partial charge < -0.3 is 30.0 Å². The minimum atomic E-state index is -4.76. The molecule has 4 rings (SSSR count). The van der Waals surface area contributed by atoms with Crippen LogP contribution in [0.15, 0.2) is 36.4 Å². The summed E-state index contributed by atoms with van der Waals surface area (Å²) in [5, 5.41) is 9.35. The van der Waals surface area contributed by atoms with Crippen LogP contribution in [0.25, 0.3) is 21.3 Å². The minimum absolute atomic E-state index is 0. The van der Waals surface area contributed by atoms with Gasteiger partial charge in [-0.05, 0) is 37.4 Å². The van der Waals surface area contributed by atoms with Crippen LogP contribution >= 0.6 is 36.2 Å². The molecule has 4 aromatic rings. The number of benzene rings is 2. The van der Waals surface area contributed by atoms with Gasteiger partial charge in [-0.1, -0.05) is 11.3 Å². The lowest BCUT2D eigenvalue weighted by Gasteiger charge is -2.07. The molecule has 0 unspecified atom stereocenters. The number of hydrogen-bond acceptors (Lipinski definition) is 8. The number of carbonyl (C=O) groups is 1. The lowest BCUT2D eigenvalue weighted by Crippen LogP contribution is -2.28. The number of halogens is 5. The van der Waals surface area contributed by atoms with Gasteiger partial charge in [0, 0.05) is 31.8 Å². The smallest absolute Gasteiger partial charge is 0.406 e. The van der Waals surface area contributed by atoms with Gasteiger partial charge in [-0.3, -0.25) is 4.79 Å². The summed E-state index contributed by atoms with van der Waals surface area (Å²) >= 11 is 1.17. The summed E-state index contributed by atoms with van der Waals surface area (Å²) in [6.07, 6.45) is -4.76. The van der Waals surface area contributed by atoms with Crippen molar-refractivity contribution in [3.8, 4) is 5.75 Å². The maximum atomic E-state index is 12.5. The first-order valence-electron chi connectivity index (χ1n) is 10.6. The maximum absolute atomic E-state index is 12.5. The summed E-state index contributed by atoms with van der Waals surface area (Å²) in [6.45, 7) is 2.12. The van der Waals surface area contributed by atoms with Crippen LogP contribution in [-0.2, 0) is 11.8 Å². The molecule has 0 radical (unpaired) electrons. The van der Waals surface area contributed by atoms with Crippen LogP contribution < -0.4 is 20.7 Å². The number of alkyl halides is 3. The summed E-state index contributed by atoms with van der Waals surface area (Å²) < 4.78 is 49.2. The Morgan fingerprint density at radius 3 is 2.54 bits per heavy atom. The number of imidazole rings is 1. The number of fused-ring (bicyclic) bond motifs is 2. The standard InChI is InChI=1S/C22H23F3N6O3S.2ClH/c1-26-7-9-33-10-8-27-19(32)13-3-6-17-16(11-13)28-20(31(17)2)30-21-29-15-5-4-14(12-18(15)35-21)34-22(23,24)25;;/h3-6,11-12,26H,7-10H2,1-2H3,(H,27,32)(H,28,29,30);2*1H. The maximum Gasteiger partial charge on any atom is 0.573 e. The number of anilines is 2. The molecule has 0 atom stereocenters. The van der Waals surface area contributed by atoms with Gasteiger partial charge in [-0.25, -0.2) is 9.97 Å². The number of likely N-dealkylation sites (N-methyl/N-ethyl adjacent to an activating group) is 1. The van der Waals surface area contributed by atoms with Gasteiger partial charge in [0.25, 0.3) is 5.91 Å². The Bertz CT molecular complexity index is 1350. The molecule has 9 nitrogen and oxygen atoms in total. The van der Waals surface area contributed by atoms with Gasteiger partial charge in [0.1, 0.15) is 5.75 Å². The Balaban J connectivity index is 0.00000241. The normalized spacial score (nSPS) is 11.2. The van der Waals surface area contributed by atoms with Crippen molar-refractivity contribution in [3.05, 3.63) is 42.0 Å². The van der Waals surface area contributed by atoms with Gasteiger partial charge in [0.15, 0.2) is 5.13 Å². The summed E-state index contributed by atoms with van der Waals surface area (Å²) in [4.78, 5) is 21.4. The molecule has 0 saturated heterocycles. The molecule has 0 saturated carbocycles. The van der Waals surface area contributed by atoms with Crippen LogP contribution in [0.5, 0.6) is 5.75 Å². The fraction of sp³-hybridized carbons (Fsp3) is 0.318. The Morgan fingerprint density at radius 2 is 1.81 bits per heavy atom. The zero-order valence-electron chi connectivity index (χ0n) is 19.7. The van der Waals surface area contributed by atoms with E-state index in [1.807, 2.05) is 14.1 Å². The summed E-state index contributed by atoms with van der Waals surface area (Å²) in [6, 6.07) is 9.17. The monoisotopic (exact) mass is 580 g/mol. The summed E-state index contributed by atoms with van der Waals surface area (Å²) in [5.74, 6) is -0.0630. The van der Waals surface area contributed by atoms with E-state index in [4.69, 9.17) is 4.74 Å². The molecule has 37 heavy (non-hydrogen) atoms. The topological polar surface area (TPSA) is 102 Å². The number of aromatic nitrogens is 3. The molecule has 1 amide bonds. The van der Waals surface area contributed by atoms with Crippen LogP contribution in [0.3, 0.4) is 0 Å². The van der Waals surface area contributed by atoms with Crippen molar-refractivity contribution in [1.82, 2.24) is 25.2 Å². The second kappa shape index (κ2) is 13.1. The number of ether oxygens (including phenoxy) is 2. The van der Waals surface area contributed by atoms with E-state index >= 15 is 0 Å². The van der Waals surface area contributed by atoms with E-state index < -0.39 is 6.36 Å². The minimum Gasteiger partial charge on any atom is -0.406 e. The first-order valence-corrected chi connectivity index (χ1v) is 11.5. The number of carbonyl (C=O) groups excluding carboxylic acids is 1. The average molecular weight is 581 g/mol. The fourth-order valence-corrected chi connectivity index (χ4v) is 4.21. The van der Waals surface area contributed by atoms with Gasteiger partial charge in [0.2, 0.25) is 5.95 Å². The number of nitrogens with zero attached hydrogens (tertiary/aromatic N) is 3. The van der Waals surface area contributed by atoms with Gasteiger partial charge in [-0.15, -0.1) is 38.0 Å². The summed E-state index contributed by atoms with van der Waals surface area (Å²) in [5.41, 5.74) is 2.39. The molecule has 202 valence electrons. The Hall–Kier alpha value is -2.84. The number of nitrogens with one attached hydrogen (secondary N) is 3. The highest BCUT2D eigenvalue weighted by Gasteiger charge is 2.31. The van der Waals surface area contributed by atoms with Crippen molar-refractivity contribution in [3.63, 3.8) is 0 Å². The lowest BCUT2D eigenvalue weighted by atomic mass is 10.2. The molecule has 2 heterocycles. The predicted octanol–water partition coefficient (Wildman–Crippen LogP) is 4.63. The first kappa shape index (κ1) is 30.4. The number of thiazole rings is 1. The molecule has 0 spiro atoms. The van der Waals surface area contributed by atoms with Crippen molar-refractivity contribution in [2.24, 2.45) is 7.05 Å². The SMILES string of the molecule is CNCCOCCNC(=O)c1ccc2c(c1)nc(Nc1nc3ccc(OC(F)(F)F)cc3s1)n2C.Cl.Cl. The van der Waals surface area contributed by atoms with Crippen molar-refractivity contribution in [2.45, 2.75) is 6.36 Å². The lowest BCUT2D eigenvalue weighted by molar-refractivity contribution is -0.274. The molecule has 3 N–H and O–H groups in total. The van der Waals surface area contributed by atoms with E-state index in [-0.39, 0.29) is 36.5 Å². The van der Waals surface area contributed by atoms with E-state index in [0.29, 0.717) is 52.1 Å². The number of hydrogen-bond donors (Lipinski definition) is 3. The highest BCUT2D eigenvalue weighted by Crippen LogP contribution is 2.33. The quantitative estimate of drug-likeness (QED) is 0.235. The van der Waals surface area contributed by atoms with E-state index in [2.05, 4.69) is 30.7 Å². The van der Waals surface area contributed by atoms with E-state index in [1.165, 1.54) is 29.5 Å². The van der Waals surface area contributed by atoms with Gasteiger partial charge in [-0.2, -0.15) is 0 Å². The largest absolute Gasteiger partial charge is 0.573 e. The number of amides is 1. The third-order valence-corrected chi connectivity index (χ3v) is 5.92. The number of aryl methyl sites for hydroxylation is 1. The highest BCUT2D eigenvalue weighted by molar-refractivity contribution is 7.22. The van der Waals surface area contributed by atoms with E-state index in [0.717, 1.165) is 12.1 Å². The van der Waals surface area contributed by atoms with Crippen LogP contribution in [0.1, 0.15) is 10.4 Å². The molecule has 0 aliphatic carbocycles. The molecular formula is C22H25Cl2F3N6O3S. The van der Waals surface area contributed by atoms with Crippen molar-refractivity contribution in [1.29, 1.82) is 0 Å². The molecule has 0 aliphatic heterocycles.